The van der Waals surface area contributed by atoms with E-state index in [1.54, 1.807) is 31.4 Å². The van der Waals surface area contributed by atoms with Crippen LogP contribution in [-0.2, 0) is 4.79 Å². The van der Waals surface area contributed by atoms with Crippen LogP contribution in [0.1, 0.15) is 12.5 Å². The van der Waals surface area contributed by atoms with Crippen molar-refractivity contribution in [2.24, 2.45) is 0 Å². The first-order valence-electron chi connectivity index (χ1n) is 9.05. The van der Waals surface area contributed by atoms with E-state index in [1.807, 2.05) is 25.1 Å². The van der Waals surface area contributed by atoms with Crippen LogP contribution in [0.15, 0.2) is 48.5 Å². The highest BCUT2D eigenvalue weighted by molar-refractivity contribution is 5.94. The summed E-state index contributed by atoms with van der Waals surface area (Å²) in [5.41, 5.74) is 2.33. The van der Waals surface area contributed by atoms with Crippen LogP contribution in [0, 0.1) is 11.3 Å². The van der Waals surface area contributed by atoms with Crippen molar-refractivity contribution in [3.8, 4) is 11.8 Å². The van der Waals surface area contributed by atoms with Crippen molar-refractivity contribution in [3.05, 3.63) is 54.1 Å². The van der Waals surface area contributed by atoms with E-state index in [4.69, 9.17) is 10.00 Å². The van der Waals surface area contributed by atoms with Crippen molar-refractivity contribution in [2.45, 2.75) is 13.0 Å². The first-order chi connectivity index (χ1) is 13.1. The number of piperazine rings is 1. The Bertz CT molecular complexity index is 838. The standard InChI is InChI=1S/C21H24N4O2/c1-16(21(26)23-18-6-3-5-17(13-18)15-22)24-9-11-25(12-10-24)19-7-4-8-20(14-19)27-2/h3-8,13-14,16H,9-12H2,1-2H3,(H,23,26)/t16-/m0/s1. The SMILES string of the molecule is COc1cccc(N2CCN([C@@H](C)C(=O)Nc3cccc(C#N)c3)CC2)c1. The highest BCUT2D eigenvalue weighted by Gasteiger charge is 2.26. The quantitative estimate of drug-likeness (QED) is 0.883. The van der Waals surface area contributed by atoms with Gasteiger partial charge in [-0.25, -0.2) is 0 Å². The molecule has 1 fully saturated rings. The third-order valence-corrected chi connectivity index (χ3v) is 4.92. The monoisotopic (exact) mass is 364 g/mol. The van der Waals surface area contributed by atoms with Crippen LogP contribution >= 0.6 is 0 Å². The molecule has 0 aromatic heterocycles. The van der Waals surface area contributed by atoms with Gasteiger partial charge in [-0.2, -0.15) is 5.26 Å². The number of nitrogens with zero attached hydrogens (tertiary/aromatic N) is 3. The molecule has 140 valence electrons. The first-order valence-corrected chi connectivity index (χ1v) is 9.05. The van der Waals surface area contributed by atoms with Gasteiger partial charge in [-0.3, -0.25) is 9.69 Å². The number of carbonyl (C=O) groups excluding carboxylic acids is 1. The van der Waals surface area contributed by atoms with E-state index >= 15 is 0 Å². The minimum Gasteiger partial charge on any atom is -0.497 e. The number of hydrogen-bond acceptors (Lipinski definition) is 5. The fourth-order valence-corrected chi connectivity index (χ4v) is 3.25. The zero-order valence-corrected chi connectivity index (χ0v) is 15.7. The molecule has 0 saturated carbocycles. The van der Waals surface area contributed by atoms with Gasteiger partial charge in [0, 0.05) is 43.6 Å². The number of anilines is 2. The smallest absolute Gasteiger partial charge is 0.241 e. The molecule has 1 aliphatic rings. The number of ether oxygens (including phenoxy) is 1. The maximum atomic E-state index is 12.6. The summed E-state index contributed by atoms with van der Waals surface area (Å²) in [7, 11) is 1.67. The molecule has 0 radical (unpaired) electrons. The summed E-state index contributed by atoms with van der Waals surface area (Å²) in [5.74, 6) is 0.794. The van der Waals surface area contributed by atoms with Crippen molar-refractivity contribution in [3.63, 3.8) is 0 Å². The van der Waals surface area contributed by atoms with E-state index in [2.05, 4.69) is 27.3 Å². The molecular weight excluding hydrogens is 340 g/mol. The third kappa shape index (κ3) is 4.57. The van der Waals surface area contributed by atoms with Crippen molar-refractivity contribution in [1.29, 1.82) is 5.26 Å². The van der Waals surface area contributed by atoms with E-state index in [1.165, 1.54) is 0 Å². The summed E-state index contributed by atoms with van der Waals surface area (Å²) in [6, 6.07) is 16.9. The summed E-state index contributed by atoms with van der Waals surface area (Å²) in [4.78, 5) is 17.1. The molecule has 1 amide bonds. The van der Waals surface area contributed by atoms with E-state index in [0.29, 0.717) is 11.3 Å². The lowest BCUT2D eigenvalue weighted by Crippen LogP contribution is -2.52. The molecule has 1 N–H and O–H groups in total. The summed E-state index contributed by atoms with van der Waals surface area (Å²) in [6.45, 7) is 5.25. The topological polar surface area (TPSA) is 68.6 Å². The molecule has 6 nitrogen and oxygen atoms in total. The average Bonchev–Trinajstić information content (AvgIpc) is 2.73. The second-order valence-corrected chi connectivity index (χ2v) is 6.58. The first kappa shape index (κ1) is 18.7. The molecule has 1 atom stereocenters. The van der Waals surface area contributed by atoms with E-state index < -0.39 is 0 Å². The van der Waals surface area contributed by atoms with Crippen LogP contribution in [0.5, 0.6) is 5.75 Å². The predicted octanol–water partition coefficient (Wildman–Crippen LogP) is 2.72. The van der Waals surface area contributed by atoms with Gasteiger partial charge in [-0.05, 0) is 37.3 Å². The Labute approximate surface area is 160 Å². The van der Waals surface area contributed by atoms with Gasteiger partial charge < -0.3 is 15.0 Å². The number of rotatable bonds is 5. The summed E-state index contributed by atoms with van der Waals surface area (Å²) >= 11 is 0. The van der Waals surface area contributed by atoms with Crippen molar-refractivity contribution in [2.75, 3.05) is 43.5 Å². The minimum absolute atomic E-state index is 0.0556. The fraction of sp³-hybridized carbons (Fsp3) is 0.333. The predicted molar refractivity (Wildman–Crippen MR) is 106 cm³/mol. The van der Waals surface area contributed by atoms with Gasteiger partial charge in [0.2, 0.25) is 5.91 Å². The molecule has 1 aliphatic heterocycles. The third-order valence-electron chi connectivity index (χ3n) is 4.92. The van der Waals surface area contributed by atoms with Gasteiger partial charge in [0.25, 0.3) is 0 Å². The molecular formula is C21H24N4O2. The molecule has 1 heterocycles. The van der Waals surface area contributed by atoms with Gasteiger partial charge in [0.15, 0.2) is 0 Å². The second-order valence-electron chi connectivity index (χ2n) is 6.58. The molecule has 0 bridgehead atoms. The lowest BCUT2D eigenvalue weighted by atomic mass is 10.1. The van der Waals surface area contributed by atoms with E-state index in [-0.39, 0.29) is 11.9 Å². The van der Waals surface area contributed by atoms with Crippen molar-refractivity contribution >= 4 is 17.3 Å². The normalized spacial score (nSPS) is 15.7. The summed E-state index contributed by atoms with van der Waals surface area (Å²) in [5, 5.41) is 11.9. The molecule has 0 aliphatic carbocycles. The summed E-state index contributed by atoms with van der Waals surface area (Å²) in [6.07, 6.45) is 0. The number of benzene rings is 2. The number of amides is 1. The Hall–Kier alpha value is -3.04. The van der Waals surface area contributed by atoms with Gasteiger partial charge in [0.05, 0.1) is 24.8 Å². The Balaban J connectivity index is 1.56. The largest absolute Gasteiger partial charge is 0.497 e. The van der Waals surface area contributed by atoms with Crippen molar-refractivity contribution < 1.29 is 9.53 Å². The Morgan fingerprint density at radius 2 is 1.89 bits per heavy atom. The number of carbonyl (C=O) groups is 1. The zero-order valence-electron chi connectivity index (χ0n) is 15.7. The Morgan fingerprint density at radius 1 is 1.15 bits per heavy atom. The van der Waals surface area contributed by atoms with Crippen LogP contribution in [0.4, 0.5) is 11.4 Å². The molecule has 1 saturated heterocycles. The van der Waals surface area contributed by atoms with Gasteiger partial charge >= 0.3 is 0 Å². The zero-order chi connectivity index (χ0) is 19.2. The fourth-order valence-electron chi connectivity index (χ4n) is 3.25. The highest BCUT2D eigenvalue weighted by Crippen LogP contribution is 2.22. The van der Waals surface area contributed by atoms with E-state index in [0.717, 1.165) is 37.6 Å². The van der Waals surface area contributed by atoms with Gasteiger partial charge in [-0.1, -0.05) is 12.1 Å². The Morgan fingerprint density at radius 3 is 2.59 bits per heavy atom. The maximum absolute atomic E-state index is 12.6. The maximum Gasteiger partial charge on any atom is 0.241 e. The molecule has 6 heteroatoms. The van der Waals surface area contributed by atoms with Crippen LogP contribution in [0.3, 0.4) is 0 Å². The van der Waals surface area contributed by atoms with Gasteiger partial charge in [-0.15, -0.1) is 0 Å². The van der Waals surface area contributed by atoms with Crippen LogP contribution in [0.2, 0.25) is 0 Å². The summed E-state index contributed by atoms with van der Waals surface area (Å²) < 4.78 is 5.30. The molecule has 0 spiro atoms. The molecule has 0 unspecified atom stereocenters. The van der Waals surface area contributed by atoms with E-state index in [9.17, 15) is 4.79 Å². The second kappa shape index (κ2) is 8.56. The molecule has 2 aromatic rings. The molecule has 27 heavy (non-hydrogen) atoms. The number of methoxy groups -OCH3 is 1. The van der Waals surface area contributed by atoms with Gasteiger partial charge in [0.1, 0.15) is 5.75 Å². The van der Waals surface area contributed by atoms with Crippen LogP contribution in [0.25, 0.3) is 0 Å². The average molecular weight is 364 g/mol. The van der Waals surface area contributed by atoms with Crippen LogP contribution in [-0.4, -0.2) is 50.1 Å². The Kier molecular flexibility index (Phi) is 5.94. The lowest BCUT2D eigenvalue weighted by Gasteiger charge is -2.38. The number of nitrogens with one attached hydrogen (secondary N) is 1. The van der Waals surface area contributed by atoms with Crippen molar-refractivity contribution in [1.82, 2.24) is 4.90 Å². The minimum atomic E-state index is -0.233. The number of nitriles is 1. The van der Waals surface area contributed by atoms with Crippen LogP contribution < -0.4 is 15.0 Å². The lowest BCUT2D eigenvalue weighted by molar-refractivity contribution is -0.120. The molecule has 2 aromatic carbocycles. The molecule has 3 rings (SSSR count). The number of hydrogen-bond donors (Lipinski definition) is 1. The highest BCUT2D eigenvalue weighted by atomic mass is 16.5.